The summed E-state index contributed by atoms with van der Waals surface area (Å²) in [5.41, 5.74) is 1.18. The Labute approximate surface area is 276 Å². The second-order valence-electron chi connectivity index (χ2n) is 9.45. The molecule has 0 radical (unpaired) electrons. The number of aromatic amines is 1. The molecule has 2 aromatic carbocycles. The van der Waals surface area contributed by atoms with Crippen LogP contribution in [0.5, 0.6) is 11.5 Å². The fourth-order valence-electron chi connectivity index (χ4n) is 3.54. The van der Waals surface area contributed by atoms with Gasteiger partial charge < -0.3 is 34.0 Å². The van der Waals surface area contributed by atoms with Crippen molar-refractivity contribution in [2.75, 3.05) is 40.4 Å². The number of ether oxygens (including phenoxy) is 3. The number of rotatable bonds is 9. The zero-order valence-corrected chi connectivity index (χ0v) is 24.2. The molecule has 230 valence electrons. The quantitative estimate of drug-likeness (QED) is 0.187. The summed E-state index contributed by atoms with van der Waals surface area (Å²) in [5.74, 6) is 1.51. The Kier molecular flexibility index (Phi) is 17.3. The van der Waals surface area contributed by atoms with E-state index in [9.17, 15) is 13.6 Å². The van der Waals surface area contributed by atoms with E-state index in [4.69, 9.17) is 14.2 Å². The van der Waals surface area contributed by atoms with Crippen LogP contribution in [0.2, 0.25) is 0 Å². The molecule has 1 atom stereocenters. The molecule has 4 aromatic rings. The Morgan fingerprint density at radius 1 is 1.02 bits per heavy atom. The van der Waals surface area contributed by atoms with Gasteiger partial charge in [-0.1, -0.05) is 27.0 Å². The summed E-state index contributed by atoms with van der Waals surface area (Å²) in [4.78, 5) is 16.5. The van der Waals surface area contributed by atoms with Gasteiger partial charge in [0.05, 0.1) is 23.3 Å². The smallest absolute Gasteiger partial charge is 0.410 e. The van der Waals surface area contributed by atoms with Crippen molar-refractivity contribution in [2.24, 2.45) is 0 Å². The van der Waals surface area contributed by atoms with Gasteiger partial charge in [-0.3, -0.25) is 8.18 Å². The molecule has 0 aliphatic carbocycles. The SMILES string of the molecule is C.C.CN(CCOc1cccc2[nH]ccc12)C(=O)OC(C)(C)C.CNCCOc1cccc2c1ccn2S(=O)[O-].[Ar]. The Hall–Kier alpha value is -2.28. The van der Waals surface area contributed by atoms with E-state index in [2.05, 4.69) is 10.3 Å². The van der Waals surface area contributed by atoms with Crippen LogP contribution < -0.4 is 14.8 Å². The molecule has 0 saturated carbocycles. The van der Waals surface area contributed by atoms with E-state index in [1.165, 1.54) is 15.1 Å². The number of aromatic nitrogens is 2. The van der Waals surface area contributed by atoms with E-state index >= 15 is 0 Å². The van der Waals surface area contributed by atoms with Gasteiger partial charge in [0.1, 0.15) is 30.3 Å². The summed E-state index contributed by atoms with van der Waals surface area (Å²) in [5, 5.41) is 4.82. The fourth-order valence-corrected chi connectivity index (χ4v) is 4.02. The van der Waals surface area contributed by atoms with Crippen molar-refractivity contribution in [1.82, 2.24) is 19.2 Å². The number of amides is 1. The molecule has 0 saturated heterocycles. The van der Waals surface area contributed by atoms with Crippen LogP contribution in [0.1, 0.15) is 35.6 Å². The molecule has 2 aromatic heterocycles. The third-order valence-corrected chi connectivity index (χ3v) is 6.01. The number of H-pyrrole nitrogens is 1. The second kappa shape index (κ2) is 18.3. The van der Waals surface area contributed by atoms with Crippen LogP contribution in [0, 0.1) is 37.7 Å². The first-order valence-corrected chi connectivity index (χ1v) is 13.2. The third kappa shape index (κ3) is 11.5. The molecule has 0 spiro atoms. The number of hydrogen-bond donors (Lipinski definition) is 2. The molecule has 41 heavy (non-hydrogen) atoms. The number of hydrogen-bond acceptors (Lipinski definition) is 7. The van der Waals surface area contributed by atoms with Crippen molar-refractivity contribution in [1.29, 1.82) is 0 Å². The van der Waals surface area contributed by atoms with Crippen molar-refractivity contribution >= 4 is 39.2 Å². The largest absolute Gasteiger partial charge is 0.755 e. The van der Waals surface area contributed by atoms with E-state index in [1.54, 1.807) is 25.2 Å². The van der Waals surface area contributed by atoms with Gasteiger partial charge in [0.25, 0.3) is 0 Å². The van der Waals surface area contributed by atoms with Gasteiger partial charge in [-0.15, -0.1) is 0 Å². The number of likely N-dealkylation sites (N-methyl/N-ethyl adjacent to an activating group) is 2. The summed E-state index contributed by atoms with van der Waals surface area (Å²) >= 11 is -2.29. The van der Waals surface area contributed by atoms with Crippen LogP contribution in [0.25, 0.3) is 21.8 Å². The van der Waals surface area contributed by atoms with Crippen LogP contribution >= 0.6 is 0 Å². The van der Waals surface area contributed by atoms with Gasteiger partial charge in [0.15, 0.2) is 0 Å². The first kappa shape index (κ1) is 38.7. The number of nitrogens with one attached hydrogen (secondary N) is 2. The zero-order chi connectivity index (χ0) is 27.7. The molecule has 12 heteroatoms. The minimum absolute atomic E-state index is 0. The molecule has 0 aliphatic rings. The second-order valence-corrected chi connectivity index (χ2v) is 10.3. The van der Waals surface area contributed by atoms with E-state index < -0.39 is 16.9 Å². The number of nitrogens with zero attached hydrogens (tertiary/aromatic N) is 2. The molecular formula is C29H43ArN4O6S-. The fraction of sp³-hybridized carbons (Fsp3) is 0.414. The minimum Gasteiger partial charge on any atom is -0.755 e. The average Bonchev–Trinajstić information content (AvgIpc) is 3.52. The molecule has 1 unspecified atom stereocenters. The van der Waals surface area contributed by atoms with Crippen molar-refractivity contribution in [2.45, 2.75) is 41.2 Å². The Balaban J connectivity index is 0.000000740. The van der Waals surface area contributed by atoms with Gasteiger partial charge in [-0.25, -0.2) is 4.79 Å². The number of carbonyl (C=O) groups excluding carboxylic acids is 1. The van der Waals surface area contributed by atoms with E-state index in [1.807, 2.05) is 64.3 Å². The first-order chi connectivity index (χ1) is 18.1. The standard InChI is InChI=1S/C16H22N2O3.C11H14N2O3S.2CH4.Ar/c1-16(2,3)21-15(19)18(4)10-11-20-14-7-5-6-13-12(14)8-9-17-13;1-12-6-8-16-11-4-2-3-10-9(11)5-7-13(10)17(14)15;;;/h5-9,17H,10-11H2,1-4H3;2-5,7,12H,6,8H2,1H3,(H,14,15);2*1H4;/p-1. The monoisotopic (exact) mass is 615 g/mol. The summed E-state index contributed by atoms with van der Waals surface area (Å²) in [6, 6.07) is 14.9. The molecule has 10 nitrogen and oxygen atoms in total. The molecule has 1 amide bonds. The Morgan fingerprint density at radius 2 is 1.66 bits per heavy atom. The van der Waals surface area contributed by atoms with Crippen LogP contribution in [0.3, 0.4) is 0 Å². The van der Waals surface area contributed by atoms with Crippen molar-refractivity contribution < 1.29 is 65.5 Å². The van der Waals surface area contributed by atoms with Gasteiger partial charge in [0, 0.05) is 80.0 Å². The van der Waals surface area contributed by atoms with E-state index in [0.717, 1.165) is 28.6 Å². The molecule has 2 N–H and O–H groups in total. The van der Waals surface area contributed by atoms with Crippen LogP contribution in [0.4, 0.5) is 4.79 Å². The number of benzene rings is 2. The van der Waals surface area contributed by atoms with E-state index in [0.29, 0.717) is 31.0 Å². The summed E-state index contributed by atoms with van der Waals surface area (Å²) < 4.78 is 39.7. The van der Waals surface area contributed by atoms with Crippen molar-refractivity contribution in [3.05, 3.63) is 60.9 Å². The van der Waals surface area contributed by atoms with Gasteiger partial charge >= 0.3 is 6.09 Å². The topological polar surface area (TPSA) is 121 Å². The molecule has 4 rings (SSSR count). The van der Waals surface area contributed by atoms with Crippen LogP contribution in [0.15, 0.2) is 60.9 Å². The third-order valence-electron chi connectivity index (χ3n) is 5.37. The molecular weight excluding hydrogens is 572 g/mol. The minimum atomic E-state index is -2.29. The maximum atomic E-state index is 11.8. The molecule has 2 heterocycles. The van der Waals surface area contributed by atoms with Crippen LogP contribution in [-0.2, 0) is 16.0 Å². The predicted octanol–water partition coefficient (Wildman–Crippen LogP) is 5.57. The van der Waals surface area contributed by atoms with E-state index in [-0.39, 0.29) is 58.7 Å². The first-order valence-electron chi connectivity index (χ1n) is 12.2. The number of fused-ring (bicyclic) bond motifs is 2. The average molecular weight is 616 g/mol. The van der Waals surface area contributed by atoms with Gasteiger partial charge in [0.2, 0.25) is 0 Å². The van der Waals surface area contributed by atoms with Crippen molar-refractivity contribution in [3.63, 3.8) is 0 Å². The summed E-state index contributed by atoms with van der Waals surface area (Å²) in [7, 11) is 3.55. The number of carbonyl (C=O) groups is 1. The Bertz CT molecular complexity index is 1370. The van der Waals surface area contributed by atoms with Gasteiger partial charge in [-0.2, -0.15) is 0 Å². The van der Waals surface area contributed by atoms with Crippen LogP contribution in [-0.4, -0.2) is 74.7 Å². The predicted molar refractivity (Wildman–Crippen MR) is 162 cm³/mol. The van der Waals surface area contributed by atoms with Gasteiger partial charge in [-0.05, 0) is 64.2 Å². The zero-order valence-electron chi connectivity index (χ0n) is 22.7. The normalized spacial score (nSPS) is 11.2. The maximum absolute atomic E-state index is 11.8. The molecule has 0 aliphatic heterocycles. The maximum Gasteiger partial charge on any atom is 0.410 e. The summed E-state index contributed by atoms with van der Waals surface area (Å²) in [6.07, 6.45) is 3.05. The molecule has 0 bridgehead atoms. The molecule has 0 fully saturated rings. The van der Waals surface area contributed by atoms with Crippen molar-refractivity contribution in [3.8, 4) is 11.5 Å². The Morgan fingerprint density at radius 3 is 2.29 bits per heavy atom. The summed E-state index contributed by atoms with van der Waals surface area (Å²) in [6.45, 7) is 7.72.